The van der Waals surface area contributed by atoms with Crippen LogP contribution in [-0.2, 0) is 9.84 Å². The SMILES string of the molecule is CC(C)(C(=O)c1cc2cccc(F)c2o1)S(C)(=O)=O. The van der Waals surface area contributed by atoms with Gasteiger partial charge in [-0.2, -0.15) is 0 Å². The van der Waals surface area contributed by atoms with E-state index < -0.39 is 26.2 Å². The number of hydrogen-bond donors (Lipinski definition) is 0. The van der Waals surface area contributed by atoms with Crippen molar-refractivity contribution in [1.82, 2.24) is 0 Å². The smallest absolute Gasteiger partial charge is 0.218 e. The van der Waals surface area contributed by atoms with Crippen molar-refractivity contribution >= 4 is 26.6 Å². The summed E-state index contributed by atoms with van der Waals surface area (Å²) >= 11 is 0. The van der Waals surface area contributed by atoms with Crippen LogP contribution in [0.5, 0.6) is 0 Å². The van der Waals surface area contributed by atoms with Gasteiger partial charge in [-0.15, -0.1) is 0 Å². The van der Waals surface area contributed by atoms with Crippen molar-refractivity contribution in [3.8, 4) is 0 Å². The minimum atomic E-state index is -3.60. The van der Waals surface area contributed by atoms with Crippen LogP contribution in [0, 0.1) is 5.82 Å². The number of Topliss-reactive ketones (excluding diaryl/α,β-unsaturated/α-hetero) is 1. The zero-order chi connectivity index (χ0) is 14.4. The third kappa shape index (κ3) is 2.16. The molecule has 1 heterocycles. The predicted molar refractivity (Wildman–Crippen MR) is 69.4 cm³/mol. The molecule has 0 N–H and O–H groups in total. The topological polar surface area (TPSA) is 64.3 Å². The number of benzene rings is 1. The van der Waals surface area contributed by atoms with Gasteiger partial charge in [0.1, 0.15) is 4.75 Å². The van der Waals surface area contributed by atoms with Gasteiger partial charge in [0.2, 0.25) is 5.78 Å². The van der Waals surface area contributed by atoms with Crippen molar-refractivity contribution in [2.24, 2.45) is 0 Å². The molecule has 0 aliphatic carbocycles. The molecule has 4 nitrogen and oxygen atoms in total. The Bertz CT molecular complexity index is 756. The summed E-state index contributed by atoms with van der Waals surface area (Å²) < 4.78 is 40.2. The van der Waals surface area contributed by atoms with E-state index in [0.717, 1.165) is 6.26 Å². The van der Waals surface area contributed by atoms with Crippen LogP contribution in [0.15, 0.2) is 28.7 Å². The first-order chi connectivity index (χ1) is 8.64. The van der Waals surface area contributed by atoms with Gasteiger partial charge in [0.15, 0.2) is 27.0 Å². The molecule has 1 aromatic carbocycles. The molecule has 0 bridgehead atoms. The van der Waals surface area contributed by atoms with Gasteiger partial charge in [0, 0.05) is 11.6 Å². The highest BCUT2D eigenvalue weighted by Crippen LogP contribution is 2.27. The van der Waals surface area contributed by atoms with Crippen LogP contribution in [-0.4, -0.2) is 25.2 Å². The first kappa shape index (κ1) is 13.7. The fourth-order valence-electron chi connectivity index (χ4n) is 1.60. The average molecular weight is 284 g/mol. The maximum Gasteiger partial charge on any atom is 0.218 e. The summed E-state index contributed by atoms with van der Waals surface area (Å²) in [6.45, 7) is 2.60. The van der Waals surface area contributed by atoms with E-state index in [1.165, 1.54) is 32.0 Å². The standard InChI is InChI=1S/C13H13FO4S/c1-13(2,19(3,16)17)12(15)10-7-8-5-4-6-9(14)11(8)18-10/h4-7H,1-3H3. The first-order valence-corrected chi connectivity index (χ1v) is 7.46. The largest absolute Gasteiger partial charge is 0.450 e. The molecular weight excluding hydrogens is 271 g/mol. The second-order valence-corrected chi connectivity index (χ2v) is 7.45. The van der Waals surface area contributed by atoms with Gasteiger partial charge >= 0.3 is 0 Å². The number of halogens is 1. The van der Waals surface area contributed by atoms with Crippen molar-refractivity contribution in [2.75, 3.05) is 6.26 Å². The highest BCUT2D eigenvalue weighted by atomic mass is 32.2. The number of sulfone groups is 1. The molecule has 2 aromatic rings. The number of para-hydroxylation sites is 1. The lowest BCUT2D eigenvalue weighted by molar-refractivity contribution is 0.0928. The molecule has 1 aromatic heterocycles. The number of rotatable bonds is 3. The minimum absolute atomic E-state index is 0.0462. The maximum atomic E-state index is 13.5. The quantitative estimate of drug-likeness (QED) is 0.813. The molecule has 0 atom stereocenters. The summed E-state index contributed by atoms with van der Waals surface area (Å²) in [4.78, 5) is 12.2. The maximum absolute atomic E-state index is 13.5. The van der Waals surface area contributed by atoms with E-state index >= 15 is 0 Å². The first-order valence-electron chi connectivity index (χ1n) is 5.57. The van der Waals surface area contributed by atoms with E-state index in [4.69, 9.17) is 4.42 Å². The highest BCUT2D eigenvalue weighted by Gasteiger charge is 2.40. The summed E-state index contributed by atoms with van der Waals surface area (Å²) in [5, 5.41) is 0.424. The van der Waals surface area contributed by atoms with Crippen LogP contribution < -0.4 is 0 Å². The van der Waals surface area contributed by atoms with Crippen LogP contribution in [0.25, 0.3) is 11.0 Å². The third-order valence-corrected chi connectivity index (χ3v) is 5.23. The Balaban J connectivity index is 2.57. The van der Waals surface area contributed by atoms with Crippen molar-refractivity contribution in [3.05, 3.63) is 35.8 Å². The number of fused-ring (bicyclic) bond motifs is 1. The van der Waals surface area contributed by atoms with E-state index in [9.17, 15) is 17.6 Å². The molecular formula is C13H13FO4S. The van der Waals surface area contributed by atoms with Gasteiger partial charge in [-0.1, -0.05) is 12.1 Å². The van der Waals surface area contributed by atoms with Crippen LogP contribution in [0.1, 0.15) is 24.4 Å². The van der Waals surface area contributed by atoms with Crippen molar-refractivity contribution in [3.63, 3.8) is 0 Å². The number of carbonyl (C=O) groups is 1. The lowest BCUT2D eigenvalue weighted by Crippen LogP contribution is -2.39. The summed E-state index contributed by atoms with van der Waals surface area (Å²) in [6, 6.07) is 5.64. The van der Waals surface area contributed by atoms with Gasteiger partial charge < -0.3 is 4.42 Å². The Morgan fingerprint density at radius 2 is 1.95 bits per heavy atom. The molecule has 2 rings (SSSR count). The fourth-order valence-corrected chi connectivity index (χ4v) is 2.04. The minimum Gasteiger partial charge on any atom is -0.450 e. The van der Waals surface area contributed by atoms with Crippen molar-refractivity contribution < 1.29 is 22.0 Å². The normalized spacial score (nSPS) is 12.8. The molecule has 19 heavy (non-hydrogen) atoms. The van der Waals surface area contributed by atoms with Crippen molar-refractivity contribution in [2.45, 2.75) is 18.6 Å². The van der Waals surface area contributed by atoms with E-state index in [0.29, 0.717) is 5.39 Å². The summed E-state index contributed by atoms with van der Waals surface area (Å²) in [7, 11) is -3.60. The predicted octanol–water partition coefficient (Wildman–Crippen LogP) is 2.58. The van der Waals surface area contributed by atoms with Gasteiger partial charge in [-0.25, -0.2) is 12.8 Å². The number of ketones is 1. The van der Waals surface area contributed by atoms with Crippen LogP contribution in [0.3, 0.4) is 0 Å². The Morgan fingerprint density at radius 1 is 1.32 bits per heavy atom. The Labute approximate surface area is 110 Å². The fraction of sp³-hybridized carbons (Fsp3) is 0.308. The summed E-state index contributed by atoms with van der Waals surface area (Å²) in [5.74, 6) is -1.44. The zero-order valence-electron chi connectivity index (χ0n) is 10.7. The van der Waals surface area contributed by atoms with E-state index in [1.807, 2.05) is 0 Å². The number of carbonyl (C=O) groups excluding carboxylic acids is 1. The molecule has 0 saturated heterocycles. The molecule has 0 fully saturated rings. The third-order valence-electron chi connectivity index (χ3n) is 3.19. The lowest BCUT2D eigenvalue weighted by atomic mass is 10.1. The summed E-state index contributed by atoms with van der Waals surface area (Å²) in [6.07, 6.45) is 0.980. The lowest BCUT2D eigenvalue weighted by Gasteiger charge is -2.18. The van der Waals surface area contributed by atoms with Gasteiger partial charge in [0.25, 0.3) is 0 Å². The second-order valence-electron chi connectivity index (χ2n) is 4.88. The average Bonchev–Trinajstić information content (AvgIpc) is 2.71. The molecule has 6 heteroatoms. The van der Waals surface area contributed by atoms with Crippen LogP contribution in [0.4, 0.5) is 4.39 Å². The molecule has 0 spiro atoms. The summed E-state index contributed by atoms with van der Waals surface area (Å²) in [5.41, 5.74) is -0.0462. The van der Waals surface area contributed by atoms with E-state index in [-0.39, 0.29) is 11.3 Å². The molecule has 0 unspecified atom stereocenters. The molecule has 0 aliphatic rings. The molecule has 0 saturated carbocycles. The molecule has 0 aliphatic heterocycles. The molecule has 102 valence electrons. The van der Waals surface area contributed by atoms with Crippen LogP contribution in [0.2, 0.25) is 0 Å². The molecule has 0 amide bonds. The zero-order valence-corrected chi connectivity index (χ0v) is 11.5. The highest BCUT2D eigenvalue weighted by molar-refractivity contribution is 7.92. The Morgan fingerprint density at radius 3 is 2.47 bits per heavy atom. The van der Waals surface area contributed by atoms with Gasteiger partial charge in [-0.3, -0.25) is 4.79 Å². The van der Waals surface area contributed by atoms with Crippen molar-refractivity contribution in [1.29, 1.82) is 0 Å². The van der Waals surface area contributed by atoms with E-state index in [1.54, 1.807) is 6.07 Å². The Hall–Kier alpha value is -1.69. The second kappa shape index (κ2) is 4.16. The Kier molecular flexibility index (Phi) is 3.01. The number of hydrogen-bond acceptors (Lipinski definition) is 4. The van der Waals surface area contributed by atoms with Crippen LogP contribution >= 0.6 is 0 Å². The number of furan rings is 1. The van der Waals surface area contributed by atoms with Gasteiger partial charge in [0.05, 0.1) is 0 Å². The molecule has 0 radical (unpaired) electrons. The van der Waals surface area contributed by atoms with Gasteiger partial charge in [-0.05, 0) is 26.0 Å². The van der Waals surface area contributed by atoms with E-state index in [2.05, 4.69) is 0 Å². The monoisotopic (exact) mass is 284 g/mol.